The zero-order chi connectivity index (χ0) is 27.0. The van der Waals surface area contributed by atoms with Crippen LogP contribution in [0, 0.1) is 13.8 Å². The molecule has 38 heavy (non-hydrogen) atoms. The maximum Gasteiger partial charge on any atom is 0.251 e. The molecule has 0 aliphatic rings. The summed E-state index contributed by atoms with van der Waals surface area (Å²) in [5, 5.41) is 5.11. The van der Waals surface area contributed by atoms with Crippen LogP contribution in [0.1, 0.15) is 45.7 Å². The van der Waals surface area contributed by atoms with Gasteiger partial charge in [0.2, 0.25) is 0 Å². The Morgan fingerprint density at radius 1 is 0.921 bits per heavy atom. The van der Waals surface area contributed by atoms with Crippen molar-refractivity contribution >= 4 is 45.7 Å². The van der Waals surface area contributed by atoms with Crippen LogP contribution in [-0.2, 0) is 6.54 Å². The highest BCUT2D eigenvalue weighted by Gasteiger charge is 2.17. The molecule has 4 aromatic carbocycles. The lowest BCUT2D eigenvalue weighted by Gasteiger charge is -2.15. The molecule has 0 radical (unpaired) electrons. The van der Waals surface area contributed by atoms with Crippen molar-refractivity contribution in [3.63, 3.8) is 0 Å². The number of nitrogens with one attached hydrogen (secondary N) is 1. The van der Waals surface area contributed by atoms with Crippen molar-refractivity contribution in [2.75, 3.05) is 5.73 Å². The van der Waals surface area contributed by atoms with Gasteiger partial charge in [0.1, 0.15) is 0 Å². The number of hydrogen-bond acceptors (Lipinski definition) is 2. The molecule has 0 aliphatic carbocycles. The molecule has 1 atom stereocenters. The Bertz CT molecular complexity index is 1650. The number of carbonyl (C=O) groups excluding carboxylic acids is 1. The number of halogens is 2. The minimum absolute atomic E-state index is 0.133. The van der Waals surface area contributed by atoms with Crippen LogP contribution in [0.2, 0.25) is 10.0 Å². The van der Waals surface area contributed by atoms with E-state index in [2.05, 4.69) is 48.0 Å². The number of hydrogen-bond donors (Lipinski definition) is 2. The maximum atomic E-state index is 13.1. The largest absolute Gasteiger partial charge is 0.398 e. The summed E-state index contributed by atoms with van der Waals surface area (Å²) < 4.78 is 2.30. The SMILES string of the molecule is Cc1c(C)n(Cc2ccc(-c3ccccc3N)cc2)c2ccc(C(=O)N[C@@H](C)c3ccc(Cl)c(Cl)c3)cc12. The zero-order valence-electron chi connectivity index (χ0n) is 21.6. The molecule has 4 nitrogen and oxygen atoms in total. The third-order valence-corrected chi connectivity index (χ3v) is 8.00. The summed E-state index contributed by atoms with van der Waals surface area (Å²) in [7, 11) is 0. The number of anilines is 1. The molecule has 5 rings (SSSR count). The first-order chi connectivity index (χ1) is 18.2. The van der Waals surface area contributed by atoms with Crippen LogP contribution in [0.3, 0.4) is 0 Å². The summed E-state index contributed by atoms with van der Waals surface area (Å²) in [6.45, 7) is 6.90. The molecule has 5 aromatic rings. The highest BCUT2D eigenvalue weighted by atomic mass is 35.5. The molecule has 1 aromatic heterocycles. The third kappa shape index (κ3) is 5.02. The van der Waals surface area contributed by atoms with E-state index in [1.165, 1.54) is 16.8 Å². The van der Waals surface area contributed by atoms with Crippen LogP contribution in [0.15, 0.2) is 84.9 Å². The second kappa shape index (κ2) is 10.6. The van der Waals surface area contributed by atoms with Crippen LogP contribution in [0.4, 0.5) is 5.69 Å². The van der Waals surface area contributed by atoms with E-state index in [4.69, 9.17) is 28.9 Å². The molecule has 3 N–H and O–H groups in total. The van der Waals surface area contributed by atoms with Crippen molar-refractivity contribution in [1.82, 2.24) is 9.88 Å². The lowest BCUT2D eigenvalue weighted by molar-refractivity contribution is 0.0940. The lowest BCUT2D eigenvalue weighted by atomic mass is 10.0. The first kappa shape index (κ1) is 25.9. The van der Waals surface area contributed by atoms with Crippen molar-refractivity contribution in [2.24, 2.45) is 0 Å². The highest BCUT2D eigenvalue weighted by Crippen LogP contribution is 2.30. The van der Waals surface area contributed by atoms with E-state index in [-0.39, 0.29) is 11.9 Å². The number of amides is 1. The van der Waals surface area contributed by atoms with E-state index in [0.29, 0.717) is 15.6 Å². The molecule has 1 amide bonds. The van der Waals surface area contributed by atoms with E-state index >= 15 is 0 Å². The smallest absolute Gasteiger partial charge is 0.251 e. The maximum absolute atomic E-state index is 13.1. The minimum atomic E-state index is -0.213. The van der Waals surface area contributed by atoms with Crippen LogP contribution in [0.5, 0.6) is 0 Å². The molecule has 0 saturated heterocycles. The van der Waals surface area contributed by atoms with Gasteiger partial charge in [-0.2, -0.15) is 0 Å². The fraction of sp³-hybridized carbons (Fsp3) is 0.156. The monoisotopic (exact) mass is 541 g/mol. The van der Waals surface area contributed by atoms with Gasteiger partial charge < -0.3 is 15.6 Å². The normalized spacial score (nSPS) is 12.0. The predicted molar refractivity (Wildman–Crippen MR) is 159 cm³/mol. The molecule has 0 saturated carbocycles. The first-order valence-electron chi connectivity index (χ1n) is 12.5. The molecule has 0 unspecified atom stereocenters. The van der Waals surface area contributed by atoms with Gasteiger partial charge in [-0.15, -0.1) is 0 Å². The molecular weight excluding hydrogens is 513 g/mol. The Morgan fingerprint density at radius 2 is 1.66 bits per heavy atom. The second-order valence-corrected chi connectivity index (χ2v) is 10.5. The summed E-state index contributed by atoms with van der Waals surface area (Å²) >= 11 is 12.2. The van der Waals surface area contributed by atoms with Crippen LogP contribution in [0.25, 0.3) is 22.0 Å². The van der Waals surface area contributed by atoms with Gasteiger partial charge in [-0.3, -0.25) is 4.79 Å². The lowest BCUT2D eigenvalue weighted by Crippen LogP contribution is -2.26. The molecule has 0 fully saturated rings. The fourth-order valence-electron chi connectivity index (χ4n) is 4.87. The van der Waals surface area contributed by atoms with Crippen molar-refractivity contribution in [3.8, 4) is 11.1 Å². The molecule has 0 spiro atoms. The predicted octanol–water partition coefficient (Wildman–Crippen LogP) is 8.35. The van der Waals surface area contributed by atoms with Crippen molar-refractivity contribution in [2.45, 2.75) is 33.4 Å². The van der Waals surface area contributed by atoms with Gasteiger partial charge in [-0.05, 0) is 79.4 Å². The molecular formula is C32H29Cl2N3O. The van der Waals surface area contributed by atoms with Gasteiger partial charge in [0.25, 0.3) is 5.91 Å². The Labute approximate surface area is 233 Å². The average Bonchev–Trinajstić information content (AvgIpc) is 3.15. The third-order valence-electron chi connectivity index (χ3n) is 7.26. The number of aryl methyl sites for hydroxylation is 1. The summed E-state index contributed by atoms with van der Waals surface area (Å²) in [6, 6.07) is 27.5. The summed E-state index contributed by atoms with van der Waals surface area (Å²) in [4.78, 5) is 13.1. The Kier molecular flexibility index (Phi) is 7.20. The zero-order valence-corrected chi connectivity index (χ0v) is 23.1. The Hall–Kier alpha value is -3.73. The number of benzene rings is 4. The van der Waals surface area contributed by atoms with E-state index in [9.17, 15) is 4.79 Å². The number of nitrogens with two attached hydrogens (primary N) is 1. The van der Waals surface area contributed by atoms with Crippen LogP contribution < -0.4 is 11.1 Å². The van der Waals surface area contributed by atoms with E-state index in [1.807, 2.05) is 55.5 Å². The number of nitrogen functional groups attached to an aromatic ring is 1. The second-order valence-electron chi connectivity index (χ2n) is 9.68. The number of nitrogens with zero attached hydrogens (tertiary/aromatic N) is 1. The van der Waals surface area contributed by atoms with Crippen LogP contribution in [-0.4, -0.2) is 10.5 Å². The number of rotatable bonds is 6. The number of fused-ring (bicyclic) bond motifs is 1. The highest BCUT2D eigenvalue weighted by molar-refractivity contribution is 6.42. The van der Waals surface area contributed by atoms with Gasteiger partial charge in [-0.25, -0.2) is 0 Å². The molecule has 6 heteroatoms. The number of carbonyl (C=O) groups is 1. The number of aromatic nitrogens is 1. The van der Waals surface area contributed by atoms with Gasteiger partial charge in [-0.1, -0.05) is 71.7 Å². The molecule has 1 heterocycles. The standard InChI is InChI=1S/C32H29Cl2N3O/c1-19-21(3)37(18-22-8-10-23(11-9-22)26-6-4-5-7-30(26)35)31-15-13-25(16-27(19)31)32(38)36-20(2)24-12-14-28(33)29(34)17-24/h4-17,20H,18,35H2,1-3H3,(H,36,38)/t20-/m0/s1. The van der Waals surface area contributed by atoms with Gasteiger partial charge in [0.15, 0.2) is 0 Å². The van der Waals surface area contributed by atoms with Crippen molar-refractivity contribution in [3.05, 3.63) is 123 Å². The van der Waals surface area contributed by atoms with Gasteiger partial charge in [0, 0.05) is 40.0 Å². The van der Waals surface area contributed by atoms with Gasteiger partial charge in [0.05, 0.1) is 16.1 Å². The topological polar surface area (TPSA) is 60.0 Å². The summed E-state index contributed by atoms with van der Waals surface area (Å²) in [5.41, 5.74) is 15.2. The van der Waals surface area contributed by atoms with Crippen LogP contribution >= 0.6 is 23.2 Å². The van der Waals surface area contributed by atoms with E-state index in [1.54, 1.807) is 12.1 Å². The molecule has 0 bridgehead atoms. The quantitative estimate of drug-likeness (QED) is 0.212. The average molecular weight is 543 g/mol. The van der Waals surface area contributed by atoms with Crippen molar-refractivity contribution in [1.29, 1.82) is 0 Å². The minimum Gasteiger partial charge on any atom is -0.398 e. The fourth-order valence-corrected chi connectivity index (χ4v) is 5.18. The van der Waals surface area contributed by atoms with E-state index < -0.39 is 0 Å². The Morgan fingerprint density at radius 3 is 2.37 bits per heavy atom. The van der Waals surface area contributed by atoms with Gasteiger partial charge >= 0.3 is 0 Å². The molecule has 0 aliphatic heterocycles. The first-order valence-corrected chi connectivity index (χ1v) is 13.3. The van der Waals surface area contributed by atoms with Crippen molar-refractivity contribution < 1.29 is 4.79 Å². The number of para-hydroxylation sites is 1. The Balaban J connectivity index is 1.38. The summed E-state index contributed by atoms with van der Waals surface area (Å²) in [6.07, 6.45) is 0. The van der Waals surface area contributed by atoms with E-state index in [0.717, 1.165) is 39.8 Å². The molecule has 192 valence electrons. The summed E-state index contributed by atoms with van der Waals surface area (Å²) in [5.74, 6) is -0.133.